The summed E-state index contributed by atoms with van der Waals surface area (Å²) in [5.41, 5.74) is 0.134. The Labute approximate surface area is 215 Å². The first-order valence-corrected chi connectivity index (χ1v) is 14.9. The third-order valence-electron chi connectivity index (χ3n) is 5.97. The van der Waals surface area contributed by atoms with Crippen molar-refractivity contribution >= 4 is 15.9 Å². The number of hydrogen-bond donors (Lipinski definition) is 1. The molecular formula is C27H41N3O5S. The Morgan fingerprint density at radius 3 is 2.19 bits per heavy atom. The van der Waals surface area contributed by atoms with Gasteiger partial charge < -0.3 is 4.74 Å². The van der Waals surface area contributed by atoms with Gasteiger partial charge in [0.25, 0.3) is 5.91 Å². The lowest BCUT2D eigenvalue weighted by atomic mass is 10.1. The van der Waals surface area contributed by atoms with Gasteiger partial charge in [-0.1, -0.05) is 77.7 Å². The Kier molecular flexibility index (Phi) is 12.7. The summed E-state index contributed by atoms with van der Waals surface area (Å²) < 4.78 is 34.0. The normalized spacial score (nSPS) is 11.4. The number of carbonyl (C=O) groups excluding carboxylic acids is 1. The summed E-state index contributed by atoms with van der Waals surface area (Å²) in [6.07, 6.45) is 11.3. The number of unbranched alkanes of at least 4 members (excludes halogenated alkanes) is 9. The van der Waals surface area contributed by atoms with Gasteiger partial charge in [-0.15, -0.1) is 0 Å². The summed E-state index contributed by atoms with van der Waals surface area (Å²) in [7, 11) is -3.87. The number of benzene rings is 1. The Morgan fingerprint density at radius 1 is 0.944 bits per heavy atom. The molecule has 1 aromatic heterocycles. The maximum atomic E-state index is 12.7. The predicted molar refractivity (Wildman–Crippen MR) is 143 cm³/mol. The highest BCUT2D eigenvalue weighted by Gasteiger charge is 2.21. The number of nitrogens with one attached hydrogen (secondary N) is 1. The van der Waals surface area contributed by atoms with Crippen molar-refractivity contribution in [1.29, 1.82) is 0 Å². The fourth-order valence-corrected chi connectivity index (χ4v) is 5.08. The maximum absolute atomic E-state index is 12.7. The van der Waals surface area contributed by atoms with Crippen LogP contribution in [0.1, 0.15) is 101 Å². The number of aromatic nitrogens is 2. The van der Waals surface area contributed by atoms with E-state index in [-0.39, 0.29) is 5.75 Å². The third kappa shape index (κ3) is 9.76. The average molecular weight is 520 g/mol. The molecule has 36 heavy (non-hydrogen) atoms. The molecule has 0 bridgehead atoms. The van der Waals surface area contributed by atoms with Crippen LogP contribution in [0.25, 0.3) is 5.69 Å². The van der Waals surface area contributed by atoms with Gasteiger partial charge in [0, 0.05) is 17.8 Å². The zero-order valence-corrected chi connectivity index (χ0v) is 22.7. The van der Waals surface area contributed by atoms with Crippen molar-refractivity contribution in [2.45, 2.75) is 91.4 Å². The van der Waals surface area contributed by atoms with Gasteiger partial charge in [0.15, 0.2) is 5.69 Å². The largest absolute Gasteiger partial charge is 0.494 e. The molecule has 0 atom stereocenters. The third-order valence-corrected chi connectivity index (χ3v) is 7.29. The highest BCUT2D eigenvalue weighted by Crippen LogP contribution is 2.18. The van der Waals surface area contributed by atoms with Gasteiger partial charge in [0.05, 0.1) is 18.0 Å². The number of amides is 1. The monoisotopic (exact) mass is 519 g/mol. The lowest BCUT2D eigenvalue weighted by Crippen LogP contribution is -2.37. The van der Waals surface area contributed by atoms with Gasteiger partial charge in [-0.05, 0) is 31.9 Å². The number of nitrogens with zero attached hydrogens (tertiary/aromatic N) is 2. The molecule has 0 aliphatic rings. The van der Waals surface area contributed by atoms with Crippen molar-refractivity contribution in [3.63, 3.8) is 0 Å². The van der Waals surface area contributed by atoms with Crippen LogP contribution in [0.3, 0.4) is 0 Å². The first-order valence-electron chi connectivity index (χ1n) is 13.2. The molecule has 1 aromatic carbocycles. The molecule has 1 amide bonds. The standard InChI is InChI=1S/C27H41N3O5S/c1-4-7-8-9-10-11-12-13-14-15-19-36(33,34)29-27(32)26-25(31)21-22(5-2)30(28-26)23-17-16-18-24(20-23)35-6-3/h16-18,20-21H,4-15,19H2,1-3H3,(H,29,32). The second-order valence-corrected chi connectivity index (χ2v) is 10.8. The minimum atomic E-state index is -3.87. The van der Waals surface area contributed by atoms with E-state index >= 15 is 0 Å². The van der Waals surface area contributed by atoms with Crippen LogP contribution in [0.15, 0.2) is 35.1 Å². The fraction of sp³-hybridized carbons (Fsp3) is 0.593. The Bertz CT molecular complexity index is 1130. The zero-order chi connectivity index (χ0) is 26.4. The molecular weight excluding hydrogens is 478 g/mol. The summed E-state index contributed by atoms with van der Waals surface area (Å²) in [5, 5.41) is 4.23. The number of ether oxygens (including phenoxy) is 1. The van der Waals surface area contributed by atoms with Crippen molar-refractivity contribution in [2.75, 3.05) is 12.4 Å². The van der Waals surface area contributed by atoms with Crippen LogP contribution in [0, 0.1) is 0 Å². The number of carbonyl (C=O) groups is 1. The van der Waals surface area contributed by atoms with E-state index in [0.29, 0.717) is 36.6 Å². The van der Waals surface area contributed by atoms with E-state index in [4.69, 9.17) is 4.74 Å². The Hall–Kier alpha value is -2.68. The maximum Gasteiger partial charge on any atom is 0.289 e. The van der Waals surface area contributed by atoms with Crippen LogP contribution < -0.4 is 14.9 Å². The summed E-state index contributed by atoms with van der Waals surface area (Å²) in [5.74, 6) is -0.542. The van der Waals surface area contributed by atoms with Gasteiger partial charge in [-0.25, -0.2) is 17.8 Å². The van der Waals surface area contributed by atoms with E-state index in [1.165, 1.54) is 49.3 Å². The van der Waals surface area contributed by atoms with Crippen LogP contribution in [0.5, 0.6) is 5.75 Å². The quantitative estimate of drug-likeness (QED) is 0.289. The fourth-order valence-electron chi connectivity index (χ4n) is 4.02. The van der Waals surface area contributed by atoms with Crippen molar-refractivity contribution in [3.05, 3.63) is 51.9 Å². The zero-order valence-electron chi connectivity index (χ0n) is 21.9. The number of sulfonamides is 1. The summed E-state index contributed by atoms with van der Waals surface area (Å²) in [4.78, 5) is 25.3. The van der Waals surface area contributed by atoms with Crippen molar-refractivity contribution < 1.29 is 17.9 Å². The molecule has 1 N–H and O–H groups in total. The lowest BCUT2D eigenvalue weighted by molar-refractivity contribution is 0.0973. The highest BCUT2D eigenvalue weighted by atomic mass is 32.2. The molecule has 2 aromatic rings. The first-order chi connectivity index (χ1) is 17.3. The molecule has 2 rings (SSSR count). The number of rotatable bonds is 17. The molecule has 0 saturated carbocycles. The van der Waals surface area contributed by atoms with E-state index in [1.807, 2.05) is 18.6 Å². The molecule has 9 heteroatoms. The van der Waals surface area contributed by atoms with E-state index in [0.717, 1.165) is 19.3 Å². The SMILES string of the molecule is CCCCCCCCCCCCS(=O)(=O)NC(=O)c1nn(-c2cccc(OCC)c2)c(CC)cc1=O. The second-order valence-electron chi connectivity index (χ2n) is 8.98. The molecule has 0 spiro atoms. The van der Waals surface area contributed by atoms with E-state index in [9.17, 15) is 18.0 Å². The van der Waals surface area contributed by atoms with E-state index in [2.05, 4.69) is 12.0 Å². The Balaban J connectivity index is 1.97. The average Bonchev–Trinajstić information content (AvgIpc) is 2.85. The minimum Gasteiger partial charge on any atom is -0.494 e. The first kappa shape index (κ1) is 29.5. The van der Waals surface area contributed by atoms with Crippen molar-refractivity contribution in [2.24, 2.45) is 0 Å². The molecule has 0 radical (unpaired) electrons. The molecule has 0 unspecified atom stereocenters. The molecule has 0 fully saturated rings. The van der Waals surface area contributed by atoms with Crippen LogP contribution >= 0.6 is 0 Å². The van der Waals surface area contributed by atoms with Gasteiger partial charge >= 0.3 is 0 Å². The van der Waals surface area contributed by atoms with Crippen LogP contribution in [0.4, 0.5) is 0 Å². The predicted octanol–water partition coefficient (Wildman–Crippen LogP) is 5.17. The number of aryl methyl sites for hydroxylation is 1. The van der Waals surface area contributed by atoms with Crippen molar-refractivity contribution in [1.82, 2.24) is 14.5 Å². The van der Waals surface area contributed by atoms with Gasteiger partial charge in [-0.2, -0.15) is 5.10 Å². The summed E-state index contributed by atoms with van der Waals surface area (Å²) >= 11 is 0. The summed E-state index contributed by atoms with van der Waals surface area (Å²) in [6.45, 7) is 6.44. The smallest absolute Gasteiger partial charge is 0.289 e. The van der Waals surface area contributed by atoms with Gasteiger partial charge in [0.1, 0.15) is 5.75 Å². The van der Waals surface area contributed by atoms with E-state index < -0.39 is 27.1 Å². The second kappa shape index (κ2) is 15.4. The highest BCUT2D eigenvalue weighted by molar-refractivity contribution is 7.90. The molecule has 0 aliphatic heterocycles. The van der Waals surface area contributed by atoms with Crippen LogP contribution in [0.2, 0.25) is 0 Å². The molecule has 0 aliphatic carbocycles. The van der Waals surface area contributed by atoms with Crippen LogP contribution in [-0.2, 0) is 16.4 Å². The molecule has 200 valence electrons. The topological polar surface area (TPSA) is 107 Å². The minimum absolute atomic E-state index is 0.160. The Morgan fingerprint density at radius 2 is 1.58 bits per heavy atom. The molecule has 8 nitrogen and oxygen atoms in total. The van der Waals surface area contributed by atoms with E-state index in [1.54, 1.807) is 24.3 Å². The number of hydrogen-bond acceptors (Lipinski definition) is 6. The molecule has 1 heterocycles. The van der Waals surface area contributed by atoms with Gasteiger partial charge in [0.2, 0.25) is 15.5 Å². The van der Waals surface area contributed by atoms with Gasteiger partial charge in [-0.3, -0.25) is 9.59 Å². The summed E-state index contributed by atoms with van der Waals surface area (Å²) in [6, 6.07) is 8.45. The van der Waals surface area contributed by atoms with Crippen molar-refractivity contribution in [3.8, 4) is 11.4 Å². The van der Waals surface area contributed by atoms with Crippen LogP contribution in [-0.4, -0.2) is 36.5 Å². The lowest BCUT2D eigenvalue weighted by Gasteiger charge is -2.14. The molecule has 0 saturated heterocycles.